The largest absolute Gasteiger partial charge is 0.508 e. The first-order valence-electron chi connectivity index (χ1n) is 10.4. The van der Waals surface area contributed by atoms with E-state index in [1.807, 2.05) is 59.7 Å². The van der Waals surface area contributed by atoms with Gasteiger partial charge in [-0.05, 0) is 116 Å². The number of phenolic OH excluding ortho intramolecular Hbond substituents is 3. The molecule has 0 aliphatic rings. The molecule has 0 heterocycles. The van der Waals surface area contributed by atoms with Crippen molar-refractivity contribution in [2.75, 3.05) is 0 Å². The highest BCUT2D eigenvalue weighted by molar-refractivity contribution is 5.61. The third-order valence-electron chi connectivity index (χ3n) is 6.54. The highest BCUT2D eigenvalue weighted by atomic mass is 16.3. The zero-order valence-corrected chi connectivity index (χ0v) is 19.0. The Kier molecular flexibility index (Phi) is 5.60. The fourth-order valence-electron chi connectivity index (χ4n) is 4.79. The zero-order valence-electron chi connectivity index (χ0n) is 19.0. The maximum atomic E-state index is 10.3. The standard InChI is InChI=1S/C27H32O3/c1-8-27(21-9-18(5)24(28)12-15(21)2,22-10-19(6)25(29)13-16(22)3)23-11-20(7)26(30)14-17(23)4/h9-14,28-30H,8H2,1-7H3. The molecular weight excluding hydrogens is 372 g/mol. The number of aromatic hydroxyl groups is 3. The van der Waals surface area contributed by atoms with Crippen LogP contribution in [0.5, 0.6) is 17.2 Å². The summed E-state index contributed by atoms with van der Waals surface area (Å²) in [5.41, 5.74) is 8.40. The second-order valence-electron chi connectivity index (χ2n) is 8.62. The SMILES string of the molecule is CCC(c1cc(C)c(O)cc1C)(c1cc(C)c(O)cc1C)c1cc(C)c(O)cc1C. The summed E-state index contributed by atoms with van der Waals surface area (Å²) in [5.74, 6) is 0.871. The first-order valence-corrected chi connectivity index (χ1v) is 10.4. The summed E-state index contributed by atoms with van der Waals surface area (Å²) >= 11 is 0. The van der Waals surface area contributed by atoms with Gasteiger partial charge >= 0.3 is 0 Å². The van der Waals surface area contributed by atoms with Gasteiger partial charge in [-0.15, -0.1) is 0 Å². The number of phenols is 3. The molecule has 0 spiro atoms. The van der Waals surface area contributed by atoms with E-state index in [1.165, 1.54) is 0 Å². The van der Waals surface area contributed by atoms with Crippen molar-refractivity contribution >= 4 is 0 Å². The van der Waals surface area contributed by atoms with Crippen molar-refractivity contribution < 1.29 is 15.3 Å². The fraction of sp³-hybridized carbons (Fsp3) is 0.333. The van der Waals surface area contributed by atoms with Crippen molar-refractivity contribution in [3.8, 4) is 17.2 Å². The normalized spacial score (nSPS) is 11.7. The van der Waals surface area contributed by atoms with Gasteiger partial charge in [0, 0.05) is 5.41 Å². The molecule has 3 N–H and O–H groups in total. The first kappa shape index (κ1) is 21.8. The second-order valence-corrected chi connectivity index (χ2v) is 8.62. The Bertz CT molecular complexity index is 986. The Hall–Kier alpha value is -2.94. The van der Waals surface area contributed by atoms with Gasteiger partial charge in [0.25, 0.3) is 0 Å². The lowest BCUT2D eigenvalue weighted by Gasteiger charge is -2.39. The molecule has 0 bridgehead atoms. The van der Waals surface area contributed by atoms with Gasteiger partial charge in [0.1, 0.15) is 17.2 Å². The Morgan fingerprint density at radius 3 is 1.00 bits per heavy atom. The predicted octanol–water partition coefficient (Wildman–Crippen LogP) is 6.40. The molecule has 3 heteroatoms. The van der Waals surface area contributed by atoms with Crippen LogP contribution in [0, 0.1) is 41.5 Å². The molecular formula is C27H32O3. The summed E-state index contributed by atoms with van der Waals surface area (Å²) in [6.45, 7) is 14.0. The van der Waals surface area contributed by atoms with Crippen molar-refractivity contribution in [2.45, 2.75) is 60.3 Å². The van der Waals surface area contributed by atoms with Crippen LogP contribution in [0.2, 0.25) is 0 Å². The summed E-state index contributed by atoms with van der Waals surface area (Å²) < 4.78 is 0. The lowest BCUT2D eigenvalue weighted by molar-refractivity contribution is 0.466. The van der Waals surface area contributed by atoms with Crippen molar-refractivity contribution in [2.24, 2.45) is 0 Å². The monoisotopic (exact) mass is 404 g/mol. The van der Waals surface area contributed by atoms with Crippen LogP contribution in [0.3, 0.4) is 0 Å². The van der Waals surface area contributed by atoms with Crippen LogP contribution >= 0.6 is 0 Å². The molecule has 0 saturated heterocycles. The van der Waals surface area contributed by atoms with Gasteiger partial charge in [0.15, 0.2) is 0 Å². The molecule has 30 heavy (non-hydrogen) atoms. The maximum Gasteiger partial charge on any atom is 0.118 e. The van der Waals surface area contributed by atoms with E-state index in [-0.39, 0.29) is 0 Å². The van der Waals surface area contributed by atoms with Crippen LogP contribution in [0.4, 0.5) is 0 Å². The highest BCUT2D eigenvalue weighted by Gasteiger charge is 2.39. The molecule has 0 fully saturated rings. The van der Waals surface area contributed by atoms with E-state index in [1.54, 1.807) is 0 Å². The quantitative estimate of drug-likeness (QED) is 0.441. The third kappa shape index (κ3) is 3.32. The Labute approximate surface area is 179 Å². The number of benzene rings is 3. The van der Waals surface area contributed by atoms with Crippen LogP contribution in [-0.2, 0) is 5.41 Å². The zero-order chi connectivity index (χ0) is 22.4. The van der Waals surface area contributed by atoms with E-state index < -0.39 is 5.41 Å². The molecule has 3 nitrogen and oxygen atoms in total. The van der Waals surface area contributed by atoms with Crippen molar-refractivity contribution in [1.29, 1.82) is 0 Å². The first-order chi connectivity index (χ1) is 14.0. The molecule has 3 aromatic rings. The number of aryl methyl sites for hydroxylation is 6. The van der Waals surface area contributed by atoms with Crippen molar-refractivity contribution in [1.82, 2.24) is 0 Å². The smallest absolute Gasteiger partial charge is 0.118 e. The summed E-state index contributed by atoms with van der Waals surface area (Å²) in [5, 5.41) is 30.9. The predicted molar refractivity (Wildman–Crippen MR) is 123 cm³/mol. The number of rotatable bonds is 4. The second kappa shape index (κ2) is 7.71. The van der Waals surface area contributed by atoms with Crippen molar-refractivity contribution in [3.05, 3.63) is 86.5 Å². The van der Waals surface area contributed by atoms with Crippen LogP contribution in [0.1, 0.15) is 63.4 Å². The van der Waals surface area contributed by atoms with E-state index in [0.29, 0.717) is 17.2 Å². The van der Waals surface area contributed by atoms with Gasteiger partial charge in [0.05, 0.1) is 0 Å². The van der Waals surface area contributed by atoms with Crippen LogP contribution in [-0.4, -0.2) is 15.3 Å². The van der Waals surface area contributed by atoms with Gasteiger partial charge in [-0.3, -0.25) is 0 Å². The average molecular weight is 405 g/mol. The van der Waals surface area contributed by atoms with E-state index >= 15 is 0 Å². The minimum absolute atomic E-state index is 0.290. The summed E-state index contributed by atoms with van der Waals surface area (Å²) in [6, 6.07) is 11.7. The number of hydrogen-bond donors (Lipinski definition) is 3. The third-order valence-corrected chi connectivity index (χ3v) is 6.54. The van der Waals surface area contributed by atoms with Crippen molar-refractivity contribution in [3.63, 3.8) is 0 Å². The van der Waals surface area contributed by atoms with Gasteiger partial charge in [-0.25, -0.2) is 0 Å². The Morgan fingerprint density at radius 2 is 0.767 bits per heavy atom. The molecule has 0 aliphatic carbocycles. The Balaban J connectivity index is 2.54. The summed E-state index contributed by atoms with van der Waals surface area (Å²) in [6.07, 6.45) is 0.786. The van der Waals surface area contributed by atoms with Gasteiger partial charge < -0.3 is 15.3 Å². The van der Waals surface area contributed by atoms with Crippen LogP contribution < -0.4 is 0 Å². The average Bonchev–Trinajstić information content (AvgIpc) is 2.67. The fourth-order valence-corrected chi connectivity index (χ4v) is 4.79. The summed E-state index contributed by atoms with van der Waals surface area (Å²) in [4.78, 5) is 0. The van der Waals surface area contributed by atoms with E-state index in [9.17, 15) is 15.3 Å². The topological polar surface area (TPSA) is 60.7 Å². The minimum Gasteiger partial charge on any atom is -0.508 e. The van der Waals surface area contributed by atoms with E-state index in [2.05, 4.69) is 25.1 Å². The molecule has 0 atom stereocenters. The molecule has 0 unspecified atom stereocenters. The molecule has 3 aromatic carbocycles. The molecule has 0 radical (unpaired) electrons. The van der Waals surface area contributed by atoms with Gasteiger partial charge in [-0.2, -0.15) is 0 Å². The van der Waals surface area contributed by atoms with Crippen LogP contribution in [0.15, 0.2) is 36.4 Å². The van der Waals surface area contributed by atoms with E-state index in [0.717, 1.165) is 56.5 Å². The number of hydrogen-bond acceptors (Lipinski definition) is 3. The maximum absolute atomic E-state index is 10.3. The molecule has 0 aromatic heterocycles. The molecule has 158 valence electrons. The lowest BCUT2D eigenvalue weighted by Crippen LogP contribution is -2.32. The highest BCUT2D eigenvalue weighted by Crippen LogP contribution is 2.48. The van der Waals surface area contributed by atoms with Gasteiger partial charge in [-0.1, -0.05) is 25.1 Å². The van der Waals surface area contributed by atoms with Gasteiger partial charge in [0.2, 0.25) is 0 Å². The molecule has 0 amide bonds. The van der Waals surface area contributed by atoms with E-state index in [4.69, 9.17) is 0 Å². The van der Waals surface area contributed by atoms with Crippen LogP contribution in [0.25, 0.3) is 0 Å². The molecule has 0 aliphatic heterocycles. The Morgan fingerprint density at radius 1 is 0.500 bits per heavy atom. The molecule has 3 rings (SSSR count). The lowest BCUT2D eigenvalue weighted by atomic mass is 9.63. The summed E-state index contributed by atoms with van der Waals surface area (Å²) in [7, 11) is 0. The minimum atomic E-state index is -0.492. The molecule has 0 saturated carbocycles.